The summed E-state index contributed by atoms with van der Waals surface area (Å²) >= 11 is 0. The van der Waals surface area contributed by atoms with E-state index in [1.165, 1.54) is 24.8 Å². The maximum absolute atomic E-state index is 9.71. The molecule has 1 aromatic heterocycles. The maximum Gasteiger partial charge on any atom is 0.116 e. The molecular formula is C19H24N2O. The van der Waals surface area contributed by atoms with Crippen molar-refractivity contribution in [1.82, 2.24) is 10.3 Å². The summed E-state index contributed by atoms with van der Waals surface area (Å²) in [5.74, 6) is 1.05. The lowest BCUT2D eigenvalue weighted by atomic mass is 9.87. The van der Waals surface area contributed by atoms with Crippen LogP contribution in [-0.2, 0) is 6.42 Å². The molecule has 0 aliphatic carbocycles. The van der Waals surface area contributed by atoms with Gasteiger partial charge in [-0.15, -0.1) is 0 Å². The Morgan fingerprint density at radius 3 is 3.14 bits per heavy atom. The van der Waals surface area contributed by atoms with E-state index in [-0.39, 0.29) is 0 Å². The minimum absolute atomic E-state index is 0.316. The van der Waals surface area contributed by atoms with E-state index in [1.54, 1.807) is 11.6 Å². The number of nitrogens with one attached hydrogen (secondary N) is 1. The number of nitrogens with zero attached hydrogens (tertiary/aromatic N) is 1. The highest BCUT2D eigenvalue weighted by Gasteiger charge is 2.17. The number of rotatable bonds is 4. The molecule has 3 nitrogen and oxygen atoms in total. The van der Waals surface area contributed by atoms with Crippen molar-refractivity contribution in [2.45, 2.75) is 32.6 Å². The van der Waals surface area contributed by atoms with Crippen LogP contribution < -0.4 is 5.32 Å². The van der Waals surface area contributed by atoms with Crippen molar-refractivity contribution >= 4 is 10.9 Å². The minimum Gasteiger partial charge on any atom is -0.508 e. The molecule has 22 heavy (non-hydrogen) atoms. The first-order valence-electron chi connectivity index (χ1n) is 8.20. The summed E-state index contributed by atoms with van der Waals surface area (Å²) in [6, 6.07) is 7.51. The monoisotopic (exact) mass is 296 g/mol. The highest BCUT2D eigenvalue weighted by atomic mass is 16.3. The Hall–Kier alpha value is -1.87. The Morgan fingerprint density at radius 2 is 2.27 bits per heavy atom. The summed E-state index contributed by atoms with van der Waals surface area (Å²) in [6.45, 7) is 4.33. The molecule has 0 amide bonds. The summed E-state index contributed by atoms with van der Waals surface area (Å²) in [4.78, 5) is 4.38. The number of piperidine rings is 1. The number of phenols is 1. The number of benzene rings is 1. The van der Waals surface area contributed by atoms with Crippen LogP contribution in [-0.4, -0.2) is 23.2 Å². The smallest absolute Gasteiger partial charge is 0.116 e. The number of aromatic nitrogens is 1. The molecular weight excluding hydrogens is 272 g/mol. The van der Waals surface area contributed by atoms with Crippen molar-refractivity contribution in [2.75, 3.05) is 13.1 Å². The minimum atomic E-state index is 0.316. The molecule has 3 heteroatoms. The van der Waals surface area contributed by atoms with Gasteiger partial charge in [-0.1, -0.05) is 11.6 Å². The van der Waals surface area contributed by atoms with Crippen molar-refractivity contribution in [1.29, 1.82) is 0 Å². The van der Waals surface area contributed by atoms with Crippen molar-refractivity contribution < 1.29 is 5.11 Å². The Balaban J connectivity index is 1.68. The molecule has 116 valence electrons. The van der Waals surface area contributed by atoms with Crippen molar-refractivity contribution in [3.63, 3.8) is 0 Å². The zero-order valence-electron chi connectivity index (χ0n) is 13.2. The topological polar surface area (TPSA) is 45.2 Å². The van der Waals surface area contributed by atoms with E-state index in [0.717, 1.165) is 36.3 Å². The first kappa shape index (κ1) is 15.0. The third-order valence-corrected chi connectivity index (χ3v) is 4.71. The van der Waals surface area contributed by atoms with E-state index >= 15 is 0 Å². The second-order valence-corrected chi connectivity index (χ2v) is 6.09. The molecule has 2 aromatic rings. The van der Waals surface area contributed by atoms with E-state index in [1.807, 2.05) is 18.3 Å². The Morgan fingerprint density at radius 1 is 1.36 bits per heavy atom. The van der Waals surface area contributed by atoms with Gasteiger partial charge in [-0.05, 0) is 74.9 Å². The van der Waals surface area contributed by atoms with Gasteiger partial charge in [0.05, 0.1) is 5.52 Å². The number of allylic oxidation sites excluding steroid dienone is 1. The number of aromatic hydroxyl groups is 1. The van der Waals surface area contributed by atoms with Gasteiger partial charge in [0.1, 0.15) is 5.75 Å². The largest absolute Gasteiger partial charge is 0.508 e. The van der Waals surface area contributed by atoms with Gasteiger partial charge in [-0.2, -0.15) is 0 Å². The van der Waals surface area contributed by atoms with E-state index < -0.39 is 0 Å². The van der Waals surface area contributed by atoms with Crippen LogP contribution >= 0.6 is 0 Å². The van der Waals surface area contributed by atoms with Gasteiger partial charge < -0.3 is 10.4 Å². The number of fused-ring (bicyclic) bond motifs is 1. The fraction of sp³-hybridized carbons (Fsp3) is 0.421. The molecule has 0 saturated carbocycles. The predicted molar refractivity (Wildman–Crippen MR) is 91.1 cm³/mol. The van der Waals surface area contributed by atoms with Crippen LogP contribution in [0.3, 0.4) is 0 Å². The lowest BCUT2D eigenvalue weighted by molar-refractivity contribution is 0.430. The molecule has 0 unspecified atom stereocenters. The van der Waals surface area contributed by atoms with Crippen LogP contribution in [0.2, 0.25) is 0 Å². The van der Waals surface area contributed by atoms with Gasteiger partial charge in [0.25, 0.3) is 0 Å². The summed E-state index contributed by atoms with van der Waals surface area (Å²) in [6.07, 6.45) is 8.86. The molecule has 1 saturated heterocycles. The van der Waals surface area contributed by atoms with Crippen LogP contribution in [0.5, 0.6) is 5.75 Å². The van der Waals surface area contributed by atoms with Crippen LogP contribution in [0.1, 0.15) is 31.7 Å². The van der Waals surface area contributed by atoms with E-state index in [9.17, 15) is 5.11 Å². The zero-order chi connectivity index (χ0) is 15.4. The SMILES string of the molecule is CC=C1CNCC[C@H]1CCCc1ccnc2ccc(O)cc12. The molecule has 1 aliphatic rings. The summed E-state index contributed by atoms with van der Waals surface area (Å²) < 4.78 is 0. The highest BCUT2D eigenvalue weighted by Crippen LogP contribution is 2.26. The Bertz CT molecular complexity index is 678. The number of aryl methyl sites for hydroxylation is 1. The molecule has 1 fully saturated rings. The molecule has 2 N–H and O–H groups in total. The molecule has 3 rings (SSSR count). The first-order chi connectivity index (χ1) is 10.8. The maximum atomic E-state index is 9.71. The zero-order valence-corrected chi connectivity index (χ0v) is 13.2. The summed E-state index contributed by atoms with van der Waals surface area (Å²) in [5, 5.41) is 14.2. The highest BCUT2D eigenvalue weighted by molar-refractivity contribution is 5.83. The average molecular weight is 296 g/mol. The number of hydrogen-bond acceptors (Lipinski definition) is 3. The molecule has 1 aliphatic heterocycles. The second-order valence-electron chi connectivity index (χ2n) is 6.09. The summed E-state index contributed by atoms with van der Waals surface area (Å²) in [7, 11) is 0. The van der Waals surface area contributed by atoms with Crippen molar-refractivity contribution in [2.24, 2.45) is 5.92 Å². The fourth-order valence-corrected chi connectivity index (χ4v) is 3.45. The molecule has 0 bridgehead atoms. The first-order valence-corrected chi connectivity index (χ1v) is 8.20. The van der Waals surface area contributed by atoms with Crippen LogP contribution in [0.25, 0.3) is 10.9 Å². The third-order valence-electron chi connectivity index (χ3n) is 4.71. The number of phenolic OH excluding ortho intramolecular Hbond substituents is 1. The Kier molecular flexibility index (Phi) is 4.74. The van der Waals surface area contributed by atoms with Crippen molar-refractivity contribution in [3.8, 4) is 5.75 Å². The third kappa shape index (κ3) is 3.30. The van der Waals surface area contributed by atoms with Gasteiger partial charge in [0.15, 0.2) is 0 Å². The van der Waals surface area contributed by atoms with Crippen LogP contribution in [0, 0.1) is 5.92 Å². The van der Waals surface area contributed by atoms with Gasteiger partial charge in [0.2, 0.25) is 0 Å². The second kappa shape index (κ2) is 6.93. The molecule has 2 heterocycles. The van der Waals surface area contributed by atoms with Gasteiger partial charge in [-0.3, -0.25) is 4.98 Å². The normalized spacial score (nSPS) is 20.6. The standard InChI is InChI=1S/C19H24N2O/c1-2-14-13-20-10-8-15(14)4-3-5-16-9-11-21-19-7-6-17(22)12-18(16)19/h2,6-7,9,11-12,15,20,22H,3-5,8,10,13H2,1H3/t15-/m1/s1. The quantitative estimate of drug-likeness (QED) is 0.843. The van der Waals surface area contributed by atoms with E-state index in [2.05, 4.69) is 29.4 Å². The van der Waals surface area contributed by atoms with Gasteiger partial charge >= 0.3 is 0 Å². The Labute approximate surface area is 132 Å². The molecule has 0 radical (unpaired) electrons. The van der Waals surface area contributed by atoms with Gasteiger partial charge in [-0.25, -0.2) is 0 Å². The molecule has 0 spiro atoms. The predicted octanol–water partition coefficient (Wildman–Crippen LogP) is 3.82. The lowest BCUT2D eigenvalue weighted by Gasteiger charge is -2.26. The van der Waals surface area contributed by atoms with Crippen molar-refractivity contribution in [3.05, 3.63) is 47.7 Å². The summed E-state index contributed by atoms with van der Waals surface area (Å²) in [5.41, 5.74) is 3.81. The molecule has 1 aromatic carbocycles. The molecule has 1 atom stereocenters. The average Bonchev–Trinajstić information content (AvgIpc) is 2.55. The fourth-order valence-electron chi connectivity index (χ4n) is 3.45. The van der Waals surface area contributed by atoms with E-state index in [0.29, 0.717) is 5.75 Å². The van der Waals surface area contributed by atoms with E-state index in [4.69, 9.17) is 0 Å². The number of pyridine rings is 1. The lowest BCUT2D eigenvalue weighted by Crippen LogP contribution is -2.30. The van der Waals surface area contributed by atoms with Crippen LogP contribution in [0.4, 0.5) is 0 Å². The van der Waals surface area contributed by atoms with Crippen LogP contribution in [0.15, 0.2) is 42.1 Å². The number of hydrogen-bond donors (Lipinski definition) is 2. The van der Waals surface area contributed by atoms with Gasteiger partial charge in [0, 0.05) is 18.1 Å².